The standard InChI is InChI=1S/C17H23N5O2/c1-4-13-15(8-7-11(2)18-13)24-10-16(23)22-9-5-6-14(22)17-19-12(3)20-21-17/h7-8,14H,4-6,9-10H2,1-3H3,(H,19,20,21). The fourth-order valence-corrected chi connectivity index (χ4v) is 3.05. The van der Waals surface area contributed by atoms with Crippen LogP contribution in [0.3, 0.4) is 0 Å². The third kappa shape index (κ3) is 3.39. The minimum atomic E-state index is -0.0622. The Morgan fingerprint density at radius 2 is 2.21 bits per heavy atom. The number of ether oxygens (including phenoxy) is 1. The molecule has 1 unspecified atom stereocenters. The average Bonchev–Trinajstić information content (AvgIpc) is 3.21. The van der Waals surface area contributed by atoms with Gasteiger partial charge in [0.2, 0.25) is 0 Å². The summed E-state index contributed by atoms with van der Waals surface area (Å²) in [7, 11) is 0. The van der Waals surface area contributed by atoms with Gasteiger partial charge in [0.25, 0.3) is 5.91 Å². The Kier molecular flexibility index (Phi) is 4.78. The number of nitrogens with one attached hydrogen (secondary N) is 1. The number of carbonyl (C=O) groups is 1. The highest BCUT2D eigenvalue weighted by Crippen LogP contribution is 2.30. The van der Waals surface area contributed by atoms with Gasteiger partial charge in [-0.15, -0.1) is 0 Å². The number of aryl methyl sites for hydroxylation is 3. The van der Waals surface area contributed by atoms with Gasteiger partial charge < -0.3 is 9.64 Å². The summed E-state index contributed by atoms with van der Waals surface area (Å²) >= 11 is 0. The van der Waals surface area contributed by atoms with Crippen LogP contribution < -0.4 is 4.74 Å². The number of carbonyl (C=O) groups excluding carboxylic acids is 1. The van der Waals surface area contributed by atoms with Crippen molar-refractivity contribution < 1.29 is 9.53 Å². The number of amides is 1. The number of aromatic amines is 1. The van der Waals surface area contributed by atoms with Crippen LogP contribution in [0.15, 0.2) is 12.1 Å². The van der Waals surface area contributed by atoms with Crippen molar-refractivity contribution in [2.75, 3.05) is 13.2 Å². The van der Waals surface area contributed by atoms with Crippen molar-refractivity contribution in [1.29, 1.82) is 0 Å². The van der Waals surface area contributed by atoms with Crippen molar-refractivity contribution in [3.63, 3.8) is 0 Å². The van der Waals surface area contributed by atoms with E-state index in [1.165, 1.54) is 0 Å². The summed E-state index contributed by atoms with van der Waals surface area (Å²) < 4.78 is 5.74. The lowest BCUT2D eigenvalue weighted by Crippen LogP contribution is -2.35. The first-order valence-corrected chi connectivity index (χ1v) is 8.36. The lowest BCUT2D eigenvalue weighted by Gasteiger charge is -2.22. The van der Waals surface area contributed by atoms with Gasteiger partial charge in [-0.25, -0.2) is 4.98 Å². The smallest absolute Gasteiger partial charge is 0.261 e. The number of aromatic nitrogens is 4. The van der Waals surface area contributed by atoms with Gasteiger partial charge in [-0.2, -0.15) is 5.10 Å². The Hall–Kier alpha value is -2.44. The summed E-state index contributed by atoms with van der Waals surface area (Å²) in [6, 6.07) is 3.72. The Morgan fingerprint density at radius 3 is 2.92 bits per heavy atom. The molecule has 0 aliphatic carbocycles. The molecule has 0 radical (unpaired) electrons. The minimum absolute atomic E-state index is 0.0116. The third-order valence-corrected chi connectivity index (χ3v) is 4.24. The van der Waals surface area contributed by atoms with Crippen LogP contribution in [-0.2, 0) is 11.2 Å². The number of hydrogen-bond donors (Lipinski definition) is 1. The summed E-state index contributed by atoms with van der Waals surface area (Å²) in [6.45, 7) is 6.56. The lowest BCUT2D eigenvalue weighted by molar-refractivity contribution is -0.134. The highest BCUT2D eigenvalue weighted by atomic mass is 16.5. The Balaban J connectivity index is 1.66. The van der Waals surface area contributed by atoms with Gasteiger partial charge in [-0.05, 0) is 45.2 Å². The Bertz CT molecular complexity index is 728. The van der Waals surface area contributed by atoms with Gasteiger partial charge in [0.05, 0.1) is 11.7 Å². The molecular weight excluding hydrogens is 306 g/mol. The Morgan fingerprint density at radius 1 is 1.38 bits per heavy atom. The van der Waals surface area contributed by atoms with E-state index in [1.807, 2.05) is 37.8 Å². The van der Waals surface area contributed by atoms with Crippen molar-refractivity contribution in [2.45, 2.75) is 46.1 Å². The molecule has 1 aliphatic heterocycles. The van der Waals surface area contributed by atoms with Crippen LogP contribution in [0.2, 0.25) is 0 Å². The molecule has 1 N–H and O–H groups in total. The van der Waals surface area contributed by atoms with E-state index in [2.05, 4.69) is 20.2 Å². The minimum Gasteiger partial charge on any atom is -0.482 e. The van der Waals surface area contributed by atoms with Gasteiger partial charge in [0, 0.05) is 12.2 Å². The zero-order valence-electron chi connectivity index (χ0n) is 14.4. The third-order valence-electron chi connectivity index (χ3n) is 4.24. The fourth-order valence-electron chi connectivity index (χ4n) is 3.05. The highest BCUT2D eigenvalue weighted by Gasteiger charge is 2.32. The summed E-state index contributed by atoms with van der Waals surface area (Å²) in [6.07, 6.45) is 2.61. The van der Waals surface area contributed by atoms with E-state index in [1.54, 1.807) is 0 Å². The first-order chi connectivity index (χ1) is 11.6. The van der Waals surface area contributed by atoms with Crippen molar-refractivity contribution in [3.05, 3.63) is 35.2 Å². The molecule has 3 heterocycles. The van der Waals surface area contributed by atoms with E-state index < -0.39 is 0 Å². The Labute approximate surface area is 141 Å². The molecule has 3 rings (SSSR count). The van der Waals surface area contributed by atoms with Crippen LogP contribution in [0.1, 0.15) is 48.8 Å². The maximum atomic E-state index is 12.6. The van der Waals surface area contributed by atoms with Gasteiger partial charge in [-0.3, -0.25) is 14.9 Å². The molecule has 0 bridgehead atoms. The number of likely N-dealkylation sites (tertiary alicyclic amines) is 1. The lowest BCUT2D eigenvalue weighted by atomic mass is 10.2. The predicted octanol–water partition coefficient (Wildman–Crippen LogP) is 2.12. The molecule has 1 atom stereocenters. The second-order valence-electron chi connectivity index (χ2n) is 6.06. The molecule has 24 heavy (non-hydrogen) atoms. The number of hydrogen-bond acceptors (Lipinski definition) is 5. The molecule has 1 fully saturated rings. The second-order valence-corrected chi connectivity index (χ2v) is 6.06. The molecule has 1 aliphatic rings. The number of H-pyrrole nitrogens is 1. The maximum absolute atomic E-state index is 12.6. The van der Waals surface area contributed by atoms with E-state index in [0.717, 1.165) is 36.5 Å². The van der Waals surface area contributed by atoms with Crippen molar-refractivity contribution in [2.24, 2.45) is 0 Å². The molecule has 7 nitrogen and oxygen atoms in total. The van der Waals surface area contributed by atoms with Crippen molar-refractivity contribution >= 4 is 5.91 Å². The van der Waals surface area contributed by atoms with E-state index in [9.17, 15) is 4.79 Å². The summed E-state index contributed by atoms with van der Waals surface area (Å²) in [4.78, 5) is 23.2. The fraction of sp³-hybridized carbons (Fsp3) is 0.529. The van der Waals surface area contributed by atoms with E-state index in [4.69, 9.17) is 4.74 Å². The molecule has 1 amide bonds. The molecule has 0 saturated carbocycles. The van der Waals surface area contributed by atoms with Crippen molar-refractivity contribution in [1.82, 2.24) is 25.1 Å². The van der Waals surface area contributed by atoms with E-state index in [0.29, 0.717) is 18.1 Å². The summed E-state index contributed by atoms with van der Waals surface area (Å²) in [5, 5.41) is 7.05. The zero-order chi connectivity index (χ0) is 17.1. The molecule has 2 aromatic heterocycles. The van der Waals surface area contributed by atoms with Crippen LogP contribution in [0.25, 0.3) is 0 Å². The van der Waals surface area contributed by atoms with Crippen LogP contribution in [0.4, 0.5) is 0 Å². The van der Waals surface area contributed by atoms with Crippen LogP contribution in [0.5, 0.6) is 5.75 Å². The first kappa shape index (κ1) is 16.4. The molecule has 7 heteroatoms. The largest absolute Gasteiger partial charge is 0.482 e. The van der Waals surface area contributed by atoms with Crippen LogP contribution in [-0.4, -0.2) is 44.1 Å². The van der Waals surface area contributed by atoms with Gasteiger partial charge in [0.15, 0.2) is 12.4 Å². The van der Waals surface area contributed by atoms with E-state index in [-0.39, 0.29) is 18.6 Å². The van der Waals surface area contributed by atoms with Crippen LogP contribution in [0, 0.1) is 13.8 Å². The second kappa shape index (κ2) is 6.98. The summed E-state index contributed by atoms with van der Waals surface area (Å²) in [5.74, 6) is 2.09. The van der Waals surface area contributed by atoms with Crippen molar-refractivity contribution in [3.8, 4) is 5.75 Å². The number of rotatable bonds is 5. The molecule has 1 saturated heterocycles. The topological polar surface area (TPSA) is 84.0 Å². The maximum Gasteiger partial charge on any atom is 0.261 e. The first-order valence-electron chi connectivity index (χ1n) is 8.36. The molecule has 128 valence electrons. The van der Waals surface area contributed by atoms with E-state index >= 15 is 0 Å². The normalized spacial score (nSPS) is 17.3. The van der Waals surface area contributed by atoms with Crippen LogP contribution >= 0.6 is 0 Å². The SMILES string of the molecule is CCc1nc(C)ccc1OCC(=O)N1CCCC1c1n[nH]c(C)n1. The molecule has 2 aromatic rings. The quantitative estimate of drug-likeness (QED) is 0.908. The predicted molar refractivity (Wildman–Crippen MR) is 88.7 cm³/mol. The molecule has 0 spiro atoms. The average molecular weight is 329 g/mol. The number of nitrogens with zero attached hydrogens (tertiary/aromatic N) is 4. The van der Waals surface area contributed by atoms with Gasteiger partial charge in [-0.1, -0.05) is 6.92 Å². The zero-order valence-corrected chi connectivity index (χ0v) is 14.4. The molecular formula is C17H23N5O2. The monoisotopic (exact) mass is 329 g/mol. The molecule has 0 aromatic carbocycles. The number of pyridine rings is 1. The highest BCUT2D eigenvalue weighted by molar-refractivity contribution is 5.78. The van der Waals surface area contributed by atoms with Gasteiger partial charge >= 0.3 is 0 Å². The summed E-state index contributed by atoms with van der Waals surface area (Å²) in [5.41, 5.74) is 1.83. The van der Waals surface area contributed by atoms with Gasteiger partial charge in [0.1, 0.15) is 11.6 Å².